The molecule has 1 heterocycles. The fourth-order valence-electron chi connectivity index (χ4n) is 3.87. The molecular formula is C26H25NO2. The highest BCUT2D eigenvalue weighted by Crippen LogP contribution is 2.25. The van der Waals surface area contributed by atoms with E-state index in [1.54, 1.807) is 0 Å². The molecule has 0 bridgehead atoms. The van der Waals surface area contributed by atoms with Gasteiger partial charge < -0.3 is 9.67 Å². The smallest absolute Gasteiger partial charge is 0.303 e. The van der Waals surface area contributed by atoms with Gasteiger partial charge in [-0.15, -0.1) is 0 Å². The minimum absolute atomic E-state index is 0.242. The third-order valence-corrected chi connectivity index (χ3v) is 5.37. The van der Waals surface area contributed by atoms with Crippen molar-refractivity contribution in [1.29, 1.82) is 0 Å². The van der Waals surface area contributed by atoms with Crippen LogP contribution in [0, 0.1) is 0 Å². The number of carbonyl (C=O) groups is 1. The van der Waals surface area contributed by atoms with Gasteiger partial charge in [-0.3, -0.25) is 4.79 Å². The predicted octanol–water partition coefficient (Wildman–Crippen LogP) is 6.15. The Morgan fingerprint density at radius 3 is 2.24 bits per heavy atom. The van der Waals surface area contributed by atoms with Gasteiger partial charge in [0.15, 0.2) is 0 Å². The lowest BCUT2D eigenvalue weighted by atomic mass is 10.0. The van der Waals surface area contributed by atoms with Crippen LogP contribution in [0.15, 0.2) is 85.1 Å². The second-order valence-corrected chi connectivity index (χ2v) is 7.46. The van der Waals surface area contributed by atoms with Crippen molar-refractivity contribution in [1.82, 2.24) is 4.57 Å². The van der Waals surface area contributed by atoms with Crippen LogP contribution in [0.2, 0.25) is 0 Å². The molecule has 1 aromatic heterocycles. The molecule has 3 aromatic carbocycles. The van der Waals surface area contributed by atoms with Gasteiger partial charge in [0.25, 0.3) is 0 Å². The molecule has 0 aliphatic rings. The minimum Gasteiger partial charge on any atom is -0.481 e. The first-order chi connectivity index (χ1) is 14.2. The van der Waals surface area contributed by atoms with E-state index in [4.69, 9.17) is 5.11 Å². The van der Waals surface area contributed by atoms with Crippen LogP contribution in [0.3, 0.4) is 0 Å². The van der Waals surface area contributed by atoms with Gasteiger partial charge in [-0.05, 0) is 47.6 Å². The highest BCUT2D eigenvalue weighted by molar-refractivity contribution is 5.84. The molecule has 3 nitrogen and oxygen atoms in total. The van der Waals surface area contributed by atoms with Crippen molar-refractivity contribution >= 4 is 16.9 Å². The van der Waals surface area contributed by atoms with Crippen molar-refractivity contribution in [3.05, 3.63) is 96.2 Å². The van der Waals surface area contributed by atoms with E-state index in [1.807, 2.05) is 6.07 Å². The number of hydrogen-bond donors (Lipinski definition) is 1. The lowest BCUT2D eigenvalue weighted by Gasteiger charge is -2.07. The number of para-hydroxylation sites is 1. The number of nitrogens with zero attached hydrogens (tertiary/aromatic N) is 1. The number of carboxylic acids is 1. The Bertz CT molecular complexity index is 1090. The molecule has 4 rings (SSSR count). The summed E-state index contributed by atoms with van der Waals surface area (Å²) in [6.07, 6.45) is 5.00. The van der Waals surface area contributed by atoms with Crippen LogP contribution in [-0.4, -0.2) is 15.6 Å². The number of aliphatic carboxylic acids is 1. The quantitative estimate of drug-likeness (QED) is 0.371. The summed E-state index contributed by atoms with van der Waals surface area (Å²) in [6.45, 7) is 0.824. The van der Waals surface area contributed by atoms with Gasteiger partial charge >= 0.3 is 5.97 Å². The molecule has 0 radical (unpaired) electrons. The highest BCUT2D eigenvalue weighted by Gasteiger charge is 2.09. The average Bonchev–Trinajstić information content (AvgIpc) is 3.10. The zero-order valence-electron chi connectivity index (χ0n) is 16.4. The SMILES string of the molecule is O=C(O)CCCCc1cn(Cc2ccc(-c3ccccc3)cc2)c2ccccc12. The average molecular weight is 383 g/mol. The Kier molecular flexibility index (Phi) is 5.76. The van der Waals surface area contributed by atoms with Gasteiger partial charge in [0, 0.05) is 30.1 Å². The van der Waals surface area contributed by atoms with E-state index in [9.17, 15) is 4.79 Å². The van der Waals surface area contributed by atoms with Crippen molar-refractivity contribution in [2.45, 2.75) is 32.2 Å². The van der Waals surface area contributed by atoms with Crippen LogP contribution < -0.4 is 0 Å². The molecule has 0 amide bonds. The van der Waals surface area contributed by atoms with Gasteiger partial charge in [0.05, 0.1) is 0 Å². The molecule has 0 fully saturated rings. The van der Waals surface area contributed by atoms with E-state index >= 15 is 0 Å². The van der Waals surface area contributed by atoms with Crippen molar-refractivity contribution in [2.24, 2.45) is 0 Å². The maximum Gasteiger partial charge on any atom is 0.303 e. The van der Waals surface area contributed by atoms with Crippen LogP contribution in [0.5, 0.6) is 0 Å². The Morgan fingerprint density at radius 1 is 0.793 bits per heavy atom. The number of aromatic nitrogens is 1. The minimum atomic E-state index is -0.716. The first kappa shape index (κ1) is 19.0. The Labute approximate surface area is 171 Å². The number of carboxylic acid groups (broad SMARTS) is 1. The van der Waals surface area contributed by atoms with Crippen molar-refractivity contribution < 1.29 is 9.90 Å². The predicted molar refractivity (Wildman–Crippen MR) is 118 cm³/mol. The molecular weight excluding hydrogens is 358 g/mol. The van der Waals surface area contributed by atoms with E-state index in [0.29, 0.717) is 0 Å². The molecule has 29 heavy (non-hydrogen) atoms. The number of aryl methyl sites for hydroxylation is 1. The molecule has 0 spiro atoms. The van der Waals surface area contributed by atoms with Gasteiger partial charge in [-0.25, -0.2) is 0 Å². The standard InChI is InChI=1S/C26H25NO2/c28-26(29)13-7-4-10-23-19-27(25-12-6-5-11-24(23)25)18-20-14-16-22(17-15-20)21-8-2-1-3-9-21/h1-3,5-6,8-9,11-12,14-17,19H,4,7,10,13,18H2,(H,28,29). The maximum absolute atomic E-state index is 10.7. The normalized spacial score (nSPS) is 11.0. The summed E-state index contributed by atoms with van der Waals surface area (Å²) in [6, 6.07) is 27.7. The summed E-state index contributed by atoms with van der Waals surface area (Å²) in [5.41, 5.74) is 6.25. The fraction of sp³-hybridized carbons (Fsp3) is 0.192. The molecule has 0 aliphatic carbocycles. The number of benzene rings is 3. The number of hydrogen-bond acceptors (Lipinski definition) is 1. The number of unbranched alkanes of at least 4 members (excludes halogenated alkanes) is 1. The van der Waals surface area contributed by atoms with Crippen molar-refractivity contribution in [3.63, 3.8) is 0 Å². The van der Waals surface area contributed by atoms with Gasteiger partial charge in [-0.1, -0.05) is 72.8 Å². The number of fused-ring (bicyclic) bond motifs is 1. The largest absolute Gasteiger partial charge is 0.481 e. The lowest BCUT2D eigenvalue weighted by molar-refractivity contribution is -0.137. The van der Waals surface area contributed by atoms with Gasteiger partial charge in [0.1, 0.15) is 0 Å². The molecule has 0 unspecified atom stereocenters. The van der Waals surface area contributed by atoms with Gasteiger partial charge in [-0.2, -0.15) is 0 Å². The molecule has 0 aliphatic heterocycles. The first-order valence-electron chi connectivity index (χ1n) is 10.1. The summed E-state index contributed by atoms with van der Waals surface area (Å²) in [5, 5.41) is 10.1. The first-order valence-corrected chi connectivity index (χ1v) is 10.1. The van der Waals surface area contributed by atoms with Crippen LogP contribution in [-0.2, 0) is 17.8 Å². The van der Waals surface area contributed by atoms with Crippen molar-refractivity contribution in [2.75, 3.05) is 0 Å². The van der Waals surface area contributed by atoms with E-state index in [0.717, 1.165) is 25.8 Å². The molecule has 1 N–H and O–H groups in total. The van der Waals surface area contributed by atoms with Crippen LogP contribution in [0.4, 0.5) is 0 Å². The lowest BCUT2D eigenvalue weighted by Crippen LogP contribution is -1.98. The summed E-state index contributed by atoms with van der Waals surface area (Å²) < 4.78 is 2.30. The zero-order valence-corrected chi connectivity index (χ0v) is 16.4. The fourth-order valence-corrected chi connectivity index (χ4v) is 3.87. The van der Waals surface area contributed by atoms with Crippen LogP contribution in [0.25, 0.3) is 22.0 Å². The topological polar surface area (TPSA) is 42.2 Å². The second-order valence-electron chi connectivity index (χ2n) is 7.46. The Hall–Kier alpha value is -3.33. The van der Waals surface area contributed by atoms with Gasteiger partial charge in [0.2, 0.25) is 0 Å². The maximum atomic E-state index is 10.7. The summed E-state index contributed by atoms with van der Waals surface area (Å²) in [7, 11) is 0. The summed E-state index contributed by atoms with van der Waals surface area (Å²) in [5.74, 6) is -0.716. The number of rotatable bonds is 8. The molecule has 4 aromatic rings. The third-order valence-electron chi connectivity index (χ3n) is 5.37. The van der Waals surface area contributed by atoms with E-state index < -0.39 is 5.97 Å². The van der Waals surface area contributed by atoms with E-state index in [-0.39, 0.29) is 6.42 Å². The molecule has 0 atom stereocenters. The third kappa shape index (κ3) is 4.57. The highest BCUT2D eigenvalue weighted by atomic mass is 16.4. The zero-order chi connectivity index (χ0) is 20.1. The second kappa shape index (κ2) is 8.78. The summed E-state index contributed by atoms with van der Waals surface area (Å²) >= 11 is 0. The van der Waals surface area contributed by atoms with Crippen molar-refractivity contribution in [3.8, 4) is 11.1 Å². The van der Waals surface area contributed by atoms with Crippen LogP contribution >= 0.6 is 0 Å². The van der Waals surface area contributed by atoms with Crippen LogP contribution in [0.1, 0.15) is 30.4 Å². The Balaban J connectivity index is 1.52. The van der Waals surface area contributed by atoms with E-state index in [1.165, 1.54) is 33.2 Å². The summed E-state index contributed by atoms with van der Waals surface area (Å²) in [4.78, 5) is 10.7. The molecule has 0 saturated heterocycles. The van der Waals surface area contributed by atoms with E-state index in [2.05, 4.69) is 83.6 Å². The molecule has 146 valence electrons. The monoisotopic (exact) mass is 383 g/mol. The molecule has 0 saturated carbocycles. The Morgan fingerprint density at radius 2 is 1.48 bits per heavy atom. The molecule has 3 heteroatoms.